The van der Waals surface area contributed by atoms with Gasteiger partial charge in [-0.1, -0.05) is 13.8 Å². The van der Waals surface area contributed by atoms with Gasteiger partial charge in [0.1, 0.15) is 5.41 Å². The predicted octanol–water partition coefficient (Wildman–Crippen LogP) is 1.50. The molecule has 0 spiro atoms. The fourth-order valence-electron chi connectivity index (χ4n) is 2.03. The van der Waals surface area contributed by atoms with Gasteiger partial charge in [-0.2, -0.15) is 0 Å². The summed E-state index contributed by atoms with van der Waals surface area (Å²) in [4.78, 5) is 36.7. The number of nitrogens with zero attached hydrogens (tertiary/aromatic N) is 1. The molecule has 0 unspecified atom stereocenters. The number of nitrogens with one attached hydrogen (secondary N) is 1. The monoisotopic (exact) mass is 260 g/mol. The summed E-state index contributed by atoms with van der Waals surface area (Å²) >= 11 is 5.55. The first kappa shape index (κ1) is 14.0. The summed E-state index contributed by atoms with van der Waals surface area (Å²) < 4.78 is 0. The van der Waals surface area contributed by atoms with E-state index >= 15 is 0 Å². The van der Waals surface area contributed by atoms with Gasteiger partial charge in [0, 0.05) is 12.4 Å². The second kappa shape index (κ2) is 5.49. The van der Waals surface area contributed by atoms with E-state index in [2.05, 4.69) is 5.32 Å². The van der Waals surface area contributed by atoms with Crippen molar-refractivity contribution >= 4 is 29.4 Å². The van der Waals surface area contributed by atoms with Gasteiger partial charge >= 0.3 is 6.03 Å². The van der Waals surface area contributed by atoms with Crippen molar-refractivity contribution in [1.29, 1.82) is 0 Å². The van der Waals surface area contributed by atoms with Crippen molar-refractivity contribution in [2.24, 2.45) is 5.41 Å². The van der Waals surface area contributed by atoms with Crippen LogP contribution in [0.4, 0.5) is 4.79 Å². The molecule has 6 heteroatoms. The van der Waals surface area contributed by atoms with Crippen LogP contribution < -0.4 is 5.32 Å². The van der Waals surface area contributed by atoms with E-state index in [1.165, 1.54) is 0 Å². The predicted molar refractivity (Wildman–Crippen MR) is 63.6 cm³/mol. The third kappa shape index (κ3) is 2.29. The zero-order chi connectivity index (χ0) is 13.1. The molecule has 0 radical (unpaired) electrons. The number of carbonyl (C=O) groups excluding carboxylic acids is 3. The van der Waals surface area contributed by atoms with Gasteiger partial charge in [0.05, 0.1) is 0 Å². The molecule has 4 amide bonds. The van der Waals surface area contributed by atoms with Crippen LogP contribution in [-0.4, -0.2) is 35.2 Å². The fourth-order valence-corrected chi connectivity index (χ4v) is 2.15. The average Bonchev–Trinajstić information content (AvgIpc) is 2.30. The topological polar surface area (TPSA) is 66.5 Å². The number of hydrogen-bond donors (Lipinski definition) is 1. The number of rotatable bonds is 5. The minimum absolute atomic E-state index is 0.253. The smallest absolute Gasteiger partial charge is 0.277 e. The molecule has 0 aliphatic carbocycles. The standard InChI is InChI=1S/C11H17ClN2O3/c1-3-11(4-2)8(15)13-10(17)14(9(11)16)7-5-6-12/h3-7H2,1-2H3,(H,13,15,17). The molecule has 0 atom stereocenters. The summed E-state index contributed by atoms with van der Waals surface area (Å²) in [5.41, 5.74) is -1.10. The lowest BCUT2D eigenvalue weighted by Gasteiger charge is -2.38. The molecule has 96 valence electrons. The van der Waals surface area contributed by atoms with Gasteiger partial charge in [0.25, 0.3) is 0 Å². The summed E-state index contributed by atoms with van der Waals surface area (Å²) in [5, 5.41) is 2.25. The van der Waals surface area contributed by atoms with Crippen molar-refractivity contribution < 1.29 is 14.4 Å². The third-order valence-electron chi connectivity index (χ3n) is 3.28. The maximum Gasteiger partial charge on any atom is 0.330 e. The highest BCUT2D eigenvalue weighted by Crippen LogP contribution is 2.32. The van der Waals surface area contributed by atoms with E-state index in [0.717, 1.165) is 4.90 Å². The number of amides is 4. The fraction of sp³-hybridized carbons (Fsp3) is 0.727. The van der Waals surface area contributed by atoms with Gasteiger partial charge in [-0.15, -0.1) is 11.6 Å². The van der Waals surface area contributed by atoms with Crippen LogP contribution >= 0.6 is 11.6 Å². The molecule has 1 fully saturated rings. The van der Waals surface area contributed by atoms with E-state index in [0.29, 0.717) is 25.1 Å². The number of alkyl halides is 1. The van der Waals surface area contributed by atoms with Crippen molar-refractivity contribution in [3.8, 4) is 0 Å². The maximum atomic E-state index is 12.2. The molecule has 1 N–H and O–H groups in total. The summed E-state index contributed by atoms with van der Waals surface area (Å²) in [5.74, 6) is -0.517. The van der Waals surface area contributed by atoms with Crippen LogP contribution in [0.25, 0.3) is 0 Å². The number of halogens is 1. The Morgan fingerprint density at radius 2 is 1.82 bits per heavy atom. The van der Waals surface area contributed by atoms with E-state index in [1.807, 2.05) is 0 Å². The van der Waals surface area contributed by atoms with Gasteiger partial charge in [-0.3, -0.25) is 19.8 Å². The van der Waals surface area contributed by atoms with Crippen LogP contribution in [0.5, 0.6) is 0 Å². The Balaban J connectivity index is 2.98. The van der Waals surface area contributed by atoms with Gasteiger partial charge < -0.3 is 0 Å². The van der Waals surface area contributed by atoms with Crippen LogP contribution in [0.3, 0.4) is 0 Å². The van der Waals surface area contributed by atoms with Crippen LogP contribution in [0.15, 0.2) is 0 Å². The first-order valence-corrected chi connectivity index (χ1v) is 6.30. The first-order valence-electron chi connectivity index (χ1n) is 5.76. The van der Waals surface area contributed by atoms with Crippen LogP contribution in [0, 0.1) is 5.41 Å². The van der Waals surface area contributed by atoms with Crippen LogP contribution in [0.1, 0.15) is 33.1 Å². The van der Waals surface area contributed by atoms with E-state index in [4.69, 9.17) is 11.6 Å². The zero-order valence-electron chi connectivity index (χ0n) is 10.1. The highest BCUT2D eigenvalue weighted by atomic mass is 35.5. The number of urea groups is 1. The SMILES string of the molecule is CCC1(CC)C(=O)NC(=O)N(CCCCl)C1=O. The molecule has 5 nitrogen and oxygen atoms in total. The molecule has 1 aliphatic rings. The zero-order valence-corrected chi connectivity index (χ0v) is 10.8. The Bertz CT molecular complexity index is 340. The molecule has 0 saturated carbocycles. The van der Waals surface area contributed by atoms with Gasteiger partial charge in [0.15, 0.2) is 0 Å². The summed E-state index contributed by atoms with van der Waals surface area (Å²) in [6.07, 6.45) is 1.30. The normalized spacial score (nSPS) is 19.5. The van der Waals surface area contributed by atoms with Crippen molar-refractivity contribution in [2.45, 2.75) is 33.1 Å². The van der Waals surface area contributed by atoms with Gasteiger partial charge in [-0.25, -0.2) is 4.79 Å². The average molecular weight is 261 g/mol. The van der Waals surface area contributed by atoms with E-state index in [-0.39, 0.29) is 6.54 Å². The minimum atomic E-state index is -1.10. The second-order valence-corrected chi connectivity index (χ2v) is 4.43. The molecular formula is C11H17ClN2O3. The van der Waals surface area contributed by atoms with Crippen molar-refractivity contribution in [2.75, 3.05) is 12.4 Å². The van der Waals surface area contributed by atoms with Crippen molar-refractivity contribution in [1.82, 2.24) is 10.2 Å². The molecule has 0 aromatic carbocycles. The highest BCUT2D eigenvalue weighted by molar-refractivity contribution is 6.19. The van der Waals surface area contributed by atoms with E-state index in [9.17, 15) is 14.4 Å². The maximum absolute atomic E-state index is 12.2. The number of imide groups is 2. The van der Waals surface area contributed by atoms with Crippen molar-refractivity contribution in [3.05, 3.63) is 0 Å². The Morgan fingerprint density at radius 3 is 2.29 bits per heavy atom. The summed E-state index contributed by atoms with van der Waals surface area (Å²) in [7, 11) is 0. The quantitative estimate of drug-likeness (QED) is 0.602. The number of barbiturate groups is 1. The lowest BCUT2D eigenvalue weighted by Crippen LogP contribution is -2.63. The molecule has 17 heavy (non-hydrogen) atoms. The Morgan fingerprint density at radius 1 is 1.24 bits per heavy atom. The summed E-state index contributed by atoms with van der Waals surface area (Å²) in [6, 6.07) is -0.636. The molecule has 1 heterocycles. The van der Waals surface area contributed by atoms with E-state index in [1.54, 1.807) is 13.8 Å². The molecule has 0 bridgehead atoms. The van der Waals surface area contributed by atoms with Gasteiger partial charge in [-0.05, 0) is 19.3 Å². The summed E-state index contributed by atoms with van der Waals surface area (Å²) in [6.45, 7) is 3.80. The minimum Gasteiger partial charge on any atom is -0.277 e. The third-order valence-corrected chi connectivity index (χ3v) is 3.54. The van der Waals surface area contributed by atoms with Crippen LogP contribution in [0.2, 0.25) is 0 Å². The highest BCUT2D eigenvalue weighted by Gasteiger charge is 2.51. The molecule has 0 aromatic rings. The molecule has 0 aromatic heterocycles. The Hall–Kier alpha value is -1.10. The Labute approximate surface area is 105 Å². The van der Waals surface area contributed by atoms with Gasteiger partial charge in [0.2, 0.25) is 11.8 Å². The first-order chi connectivity index (χ1) is 8.03. The van der Waals surface area contributed by atoms with E-state index < -0.39 is 23.3 Å². The lowest BCUT2D eigenvalue weighted by molar-refractivity contribution is -0.152. The molecule has 1 aliphatic heterocycles. The lowest BCUT2D eigenvalue weighted by atomic mass is 9.78. The molecule has 1 saturated heterocycles. The number of hydrogen-bond acceptors (Lipinski definition) is 3. The Kier molecular flexibility index (Phi) is 4.51. The second-order valence-electron chi connectivity index (χ2n) is 4.05. The number of carbonyl (C=O) groups is 3. The largest absolute Gasteiger partial charge is 0.330 e. The van der Waals surface area contributed by atoms with Crippen LogP contribution in [-0.2, 0) is 9.59 Å². The van der Waals surface area contributed by atoms with Crippen molar-refractivity contribution in [3.63, 3.8) is 0 Å². The molecule has 1 rings (SSSR count). The molecular weight excluding hydrogens is 244 g/mol.